The van der Waals surface area contributed by atoms with Gasteiger partial charge in [-0.2, -0.15) is 26.3 Å². The van der Waals surface area contributed by atoms with Crippen molar-refractivity contribution >= 4 is 10.0 Å². The standard InChI is InChI=1S/C25H28F6N2O3S/c1-16(2)21-10-17(11-32-12-22(13-32)14-33(15-22)37(3,35)36)4-9-20(21)18-5-7-19(8-6-18)23(34,24(26,27)28)25(29,30)31/h4-10,16,34H,11-15H2,1-3H3. The predicted molar refractivity (Wildman–Crippen MR) is 126 cm³/mol. The maximum Gasteiger partial charge on any atom is 0.430 e. The molecule has 2 aromatic rings. The first-order valence-electron chi connectivity index (χ1n) is 11.6. The molecule has 0 atom stereocenters. The summed E-state index contributed by atoms with van der Waals surface area (Å²) < 4.78 is 104. The zero-order valence-electron chi connectivity index (χ0n) is 20.5. The Kier molecular flexibility index (Phi) is 6.75. The first-order chi connectivity index (χ1) is 16.9. The van der Waals surface area contributed by atoms with Gasteiger partial charge >= 0.3 is 12.4 Å². The molecule has 2 saturated heterocycles. The van der Waals surface area contributed by atoms with Gasteiger partial charge in [-0.15, -0.1) is 0 Å². The Morgan fingerprint density at radius 3 is 1.92 bits per heavy atom. The molecule has 1 N–H and O–H groups in total. The highest BCUT2D eigenvalue weighted by Gasteiger charge is 2.71. The van der Waals surface area contributed by atoms with Crippen LogP contribution in [0.2, 0.25) is 0 Å². The van der Waals surface area contributed by atoms with E-state index >= 15 is 0 Å². The molecule has 0 amide bonds. The van der Waals surface area contributed by atoms with Crippen LogP contribution in [0.3, 0.4) is 0 Å². The Balaban J connectivity index is 1.51. The lowest BCUT2D eigenvalue weighted by atomic mass is 9.74. The number of nitrogens with zero attached hydrogens (tertiary/aromatic N) is 2. The van der Waals surface area contributed by atoms with Crippen molar-refractivity contribution in [1.29, 1.82) is 0 Å². The van der Waals surface area contributed by atoms with Crippen LogP contribution in [-0.2, 0) is 22.2 Å². The monoisotopic (exact) mass is 550 g/mol. The highest BCUT2D eigenvalue weighted by Crippen LogP contribution is 2.50. The number of hydrogen-bond acceptors (Lipinski definition) is 4. The zero-order valence-corrected chi connectivity index (χ0v) is 21.3. The van der Waals surface area contributed by atoms with E-state index in [1.165, 1.54) is 10.6 Å². The molecule has 204 valence electrons. The van der Waals surface area contributed by atoms with E-state index in [0.29, 0.717) is 42.9 Å². The summed E-state index contributed by atoms with van der Waals surface area (Å²) in [6.45, 7) is 7.12. The fraction of sp³-hybridized carbons (Fsp3) is 0.520. The molecule has 0 bridgehead atoms. The zero-order chi connectivity index (χ0) is 27.6. The first kappa shape index (κ1) is 27.9. The molecule has 0 aliphatic carbocycles. The van der Waals surface area contributed by atoms with Gasteiger partial charge in [0.1, 0.15) is 0 Å². The number of sulfonamides is 1. The van der Waals surface area contributed by atoms with Crippen LogP contribution in [-0.4, -0.2) is 67.5 Å². The predicted octanol–water partition coefficient (Wildman–Crippen LogP) is 4.87. The fourth-order valence-corrected chi connectivity index (χ4v) is 6.26. The van der Waals surface area contributed by atoms with Crippen molar-refractivity contribution in [2.75, 3.05) is 32.4 Å². The summed E-state index contributed by atoms with van der Waals surface area (Å²) in [5.41, 5.74) is -3.26. The molecular weight excluding hydrogens is 522 g/mol. The van der Waals surface area contributed by atoms with Gasteiger partial charge < -0.3 is 5.11 Å². The second-order valence-electron chi connectivity index (χ2n) is 10.5. The molecule has 2 aromatic carbocycles. The third-order valence-corrected chi connectivity index (χ3v) is 8.39. The summed E-state index contributed by atoms with van der Waals surface area (Å²) >= 11 is 0. The molecule has 0 unspecified atom stereocenters. The van der Waals surface area contributed by atoms with Crippen LogP contribution in [0.25, 0.3) is 11.1 Å². The Morgan fingerprint density at radius 1 is 0.919 bits per heavy atom. The maximum absolute atomic E-state index is 13.2. The Labute approximate surface area is 211 Å². The van der Waals surface area contributed by atoms with Crippen LogP contribution in [0.1, 0.15) is 36.5 Å². The van der Waals surface area contributed by atoms with Gasteiger partial charge in [-0.1, -0.05) is 56.3 Å². The van der Waals surface area contributed by atoms with Gasteiger partial charge in [-0.25, -0.2) is 12.7 Å². The van der Waals surface area contributed by atoms with Crippen LogP contribution >= 0.6 is 0 Å². The van der Waals surface area contributed by atoms with Gasteiger partial charge in [0.25, 0.3) is 5.60 Å². The largest absolute Gasteiger partial charge is 0.430 e. The average Bonchev–Trinajstić information content (AvgIpc) is 2.71. The summed E-state index contributed by atoms with van der Waals surface area (Å²) in [6, 6.07) is 9.27. The van der Waals surface area contributed by atoms with Crippen molar-refractivity contribution in [2.45, 2.75) is 44.3 Å². The molecule has 0 saturated carbocycles. The van der Waals surface area contributed by atoms with Gasteiger partial charge in [0.05, 0.1) is 6.26 Å². The molecule has 0 radical (unpaired) electrons. The molecule has 12 heteroatoms. The van der Waals surface area contributed by atoms with Crippen LogP contribution in [0.15, 0.2) is 42.5 Å². The summed E-state index contributed by atoms with van der Waals surface area (Å²) in [7, 11) is -3.17. The van der Waals surface area contributed by atoms with Gasteiger partial charge in [0.15, 0.2) is 0 Å². The molecule has 0 aromatic heterocycles. The van der Waals surface area contributed by atoms with Gasteiger partial charge in [-0.3, -0.25) is 4.90 Å². The van der Waals surface area contributed by atoms with Gasteiger partial charge in [0.2, 0.25) is 10.0 Å². The minimum atomic E-state index is -5.94. The number of likely N-dealkylation sites (tertiary alicyclic amines) is 1. The van der Waals surface area contributed by atoms with Crippen molar-refractivity contribution in [3.05, 3.63) is 59.2 Å². The molecule has 2 heterocycles. The van der Waals surface area contributed by atoms with Crippen molar-refractivity contribution in [2.24, 2.45) is 5.41 Å². The number of rotatable bonds is 6. The van der Waals surface area contributed by atoms with E-state index in [9.17, 15) is 39.9 Å². The third-order valence-electron chi connectivity index (χ3n) is 7.19. The number of aliphatic hydroxyl groups is 1. The van der Waals surface area contributed by atoms with Crippen LogP contribution in [0.5, 0.6) is 0 Å². The molecule has 37 heavy (non-hydrogen) atoms. The number of benzene rings is 2. The first-order valence-corrected chi connectivity index (χ1v) is 13.5. The second kappa shape index (κ2) is 8.96. The van der Waals surface area contributed by atoms with Crippen LogP contribution < -0.4 is 0 Å². The van der Waals surface area contributed by atoms with Crippen LogP contribution in [0.4, 0.5) is 26.3 Å². The van der Waals surface area contributed by atoms with E-state index in [-0.39, 0.29) is 11.3 Å². The van der Waals surface area contributed by atoms with E-state index in [1.54, 1.807) is 6.07 Å². The van der Waals surface area contributed by atoms with Crippen LogP contribution in [0, 0.1) is 5.41 Å². The molecule has 5 nitrogen and oxygen atoms in total. The van der Waals surface area contributed by atoms with Crippen molar-refractivity contribution < 1.29 is 39.9 Å². The second-order valence-corrected chi connectivity index (χ2v) is 12.5. The quantitative estimate of drug-likeness (QED) is 0.522. The topological polar surface area (TPSA) is 60.9 Å². The van der Waals surface area contributed by atoms with Gasteiger partial charge in [0, 0.05) is 43.7 Å². The summed E-state index contributed by atoms with van der Waals surface area (Å²) in [5.74, 6) is 0.0228. The lowest BCUT2D eigenvalue weighted by Crippen LogP contribution is -2.72. The smallest absolute Gasteiger partial charge is 0.369 e. The van der Waals surface area contributed by atoms with Crippen molar-refractivity contribution in [1.82, 2.24) is 9.21 Å². The van der Waals surface area contributed by atoms with E-state index in [1.807, 2.05) is 26.0 Å². The number of halogens is 6. The van der Waals surface area contributed by atoms with E-state index < -0.39 is 33.5 Å². The fourth-order valence-electron chi connectivity index (χ4n) is 5.24. The number of hydrogen-bond donors (Lipinski definition) is 1. The third kappa shape index (κ3) is 5.00. The van der Waals surface area contributed by atoms with E-state index in [0.717, 1.165) is 36.3 Å². The average molecular weight is 551 g/mol. The lowest BCUT2D eigenvalue weighted by Gasteiger charge is -2.59. The summed E-state index contributed by atoms with van der Waals surface area (Å²) in [4.78, 5) is 2.21. The highest BCUT2D eigenvalue weighted by molar-refractivity contribution is 7.88. The Morgan fingerprint density at radius 2 is 1.46 bits per heavy atom. The summed E-state index contributed by atoms with van der Waals surface area (Å²) in [5, 5.41) is 9.64. The minimum Gasteiger partial charge on any atom is -0.369 e. The minimum absolute atomic E-state index is 0.000399. The van der Waals surface area contributed by atoms with E-state index in [2.05, 4.69) is 4.90 Å². The van der Waals surface area contributed by atoms with Crippen molar-refractivity contribution in [3.8, 4) is 11.1 Å². The van der Waals surface area contributed by atoms with E-state index in [4.69, 9.17) is 0 Å². The molecule has 1 spiro atoms. The lowest BCUT2D eigenvalue weighted by molar-refractivity contribution is -0.376. The normalized spacial score (nSPS) is 19.2. The maximum atomic E-state index is 13.2. The SMILES string of the molecule is CC(C)c1cc(CN2CC3(C2)CN(S(C)(=O)=O)C3)ccc1-c1ccc(C(O)(C(F)(F)F)C(F)(F)F)cc1. The molecule has 2 fully saturated rings. The highest BCUT2D eigenvalue weighted by atomic mass is 32.2. The molecule has 2 aliphatic heterocycles. The molecule has 4 rings (SSSR count). The molecule has 2 aliphatic rings. The molecular formula is C25H28F6N2O3S. The summed E-state index contributed by atoms with van der Waals surface area (Å²) in [6.07, 6.45) is -10.7. The Hall–Kier alpha value is -2.15. The Bertz CT molecular complexity index is 1240. The van der Waals surface area contributed by atoms with Crippen molar-refractivity contribution in [3.63, 3.8) is 0 Å². The van der Waals surface area contributed by atoms with Gasteiger partial charge in [-0.05, 0) is 28.2 Å². The number of alkyl halides is 6.